The Labute approximate surface area is 128 Å². The number of hydrogen-bond donors (Lipinski definition) is 1. The van der Waals surface area contributed by atoms with Crippen molar-refractivity contribution in [2.24, 2.45) is 0 Å². The molecular formula is C14H20N4O2S. The Morgan fingerprint density at radius 2 is 2.24 bits per heavy atom. The number of nitrogens with zero attached hydrogens (tertiary/aromatic N) is 3. The second-order valence-corrected chi connectivity index (χ2v) is 5.88. The Balaban J connectivity index is 1.68. The average Bonchev–Trinajstić information content (AvgIpc) is 2.96. The fourth-order valence-electron chi connectivity index (χ4n) is 1.76. The number of esters is 1. The van der Waals surface area contributed by atoms with E-state index in [0.29, 0.717) is 12.1 Å². The first-order valence-electron chi connectivity index (χ1n) is 7.17. The van der Waals surface area contributed by atoms with Crippen LogP contribution in [0.5, 0.6) is 0 Å². The molecule has 0 aliphatic heterocycles. The van der Waals surface area contributed by atoms with E-state index >= 15 is 0 Å². The molecule has 21 heavy (non-hydrogen) atoms. The van der Waals surface area contributed by atoms with E-state index in [0.717, 1.165) is 35.6 Å². The molecule has 0 aliphatic rings. The number of H-pyrrole nitrogens is 1. The number of carbonyl (C=O) groups is 1. The van der Waals surface area contributed by atoms with Crippen LogP contribution in [0.4, 0.5) is 0 Å². The second-order valence-electron chi connectivity index (χ2n) is 4.79. The van der Waals surface area contributed by atoms with Gasteiger partial charge in [0.1, 0.15) is 16.9 Å². The molecule has 0 bridgehead atoms. The van der Waals surface area contributed by atoms with Crippen LogP contribution < -0.4 is 0 Å². The van der Waals surface area contributed by atoms with Gasteiger partial charge in [-0.05, 0) is 31.9 Å². The van der Waals surface area contributed by atoms with Gasteiger partial charge in [0.25, 0.3) is 0 Å². The molecule has 0 fully saturated rings. The Morgan fingerprint density at radius 3 is 3.05 bits per heavy atom. The van der Waals surface area contributed by atoms with Gasteiger partial charge in [0.2, 0.25) is 0 Å². The van der Waals surface area contributed by atoms with Crippen LogP contribution in [-0.4, -0.2) is 37.8 Å². The van der Waals surface area contributed by atoms with Crippen molar-refractivity contribution in [1.29, 1.82) is 0 Å². The zero-order valence-corrected chi connectivity index (χ0v) is 13.2. The van der Waals surface area contributed by atoms with Crippen molar-refractivity contribution >= 4 is 28.9 Å². The molecule has 114 valence electrons. The minimum atomic E-state index is -0.104. The van der Waals surface area contributed by atoms with E-state index in [1.807, 2.05) is 13.8 Å². The molecule has 1 N–H and O–H groups in total. The van der Waals surface area contributed by atoms with E-state index in [9.17, 15) is 4.79 Å². The van der Waals surface area contributed by atoms with Crippen LogP contribution in [0, 0.1) is 0 Å². The average molecular weight is 308 g/mol. The number of nitrogens with one attached hydrogen (secondary N) is 1. The molecule has 0 saturated carbocycles. The van der Waals surface area contributed by atoms with E-state index < -0.39 is 0 Å². The molecule has 0 aliphatic carbocycles. The second kappa shape index (κ2) is 7.97. The zero-order chi connectivity index (χ0) is 15.1. The third-order valence-corrected chi connectivity index (χ3v) is 4.19. The van der Waals surface area contributed by atoms with Gasteiger partial charge in [0, 0.05) is 6.42 Å². The van der Waals surface area contributed by atoms with Gasteiger partial charge in [-0.15, -0.1) is 11.8 Å². The number of hydrogen-bond acceptors (Lipinski definition) is 6. The molecule has 1 atom stereocenters. The van der Waals surface area contributed by atoms with Gasteiger partial charge in [-0.1, -0.05) is 6.92 Å². The highest BCUT2D eigenvalue weighted by molar-refractivity contribution is 7.99. The lowest BCUT2D eigenvalue weighted by Gasteiger charge is -2.10. The molecular weight excluding hydrogens is 288 g/mol. The third kappa shape index (κ3) is 4.70. The highest BCUT2D eigenvalue weighted by Crippen LogP contribution is 2.22. The first kappa shape index (κ1) is 15.8. The summed E-state index contributed by atoms with van der Waals surface area (Å²) in [6.07, 6.45) is 6.27. The van der Waals surface area contributed by atoms with Crippen LogP contribution >= 0.6 is 11.8 Å². The summed E-state index contributed by atoms with van der Waals surface area (Å²) in [6, 6.07) is 0. The zero-order valence-electron chi connectivity index (χ0n) is 12.3. The van der Waals surface area contributed by atoms with E-state index in [4.69, 9.17) is 4.74 Å². The van der Waals surface area contributed by atoms with Crippen molar-refractivity contribution in [1.82, 2.24) is 19.9 Å². The molecule has 2 aromatic heterocycles. The van der Waals surface area contributed by atoms with Gasteiger partial charge in [0.05, 0.1) is 12.4 Å². The maximum absolute atomic E-state index is 11.5. The Bertz CT molecular complexity index is 587. The topological polar surface area (TPSA) is 80.8 Å². The van der Waals surface area contributed by atoms with Crippen LogP contribution in [0.2, 0.25) is 0 Å². The van der Waals surface area contributed by atoms with Gasteiger partial charge in [-0.25, -0.2) is 15.0 Å². The quantitative estimate of drug-likeness (QED) is 0.349. The van der Waals surface area contributed by atoms with Crippen LogP contribution in [0.25, 0.3) is 11.2 Å². The lowest BCUT2D eigenvalue weighted by atomic mass is 10.2. The molecule has 0 spiro atoms. The number of aromatic nitrogens is 4. The van der Waals surface area contributed by atoms with E-state index in [1.54, 1.807) is 18.1 Å². The standard InChI is InChI=1S/C14H20N4O2S/c1-3-10(2)20-11(19)6-4-5-7-21-14-12-13(16-8-15-12)17-9-18-14/h8-10H,3-7H2,1-2H3,(H,15,16,17,18)/t10-/m1/s1. The summed E-state index contributed by atoms with van der Waals surface area (Å²) < 4.78 is 5.23. The fraction of sp³-hybridized carbons (Fsp3) is 0.571. The first-order valence-corrected chi connectivity index (χ1v) is 8.15. The number of fused-ring (bicyclic) bond motifs is 1. The van der Waals surface area contributed by atoms with Gasteiger partial charge < -0.3 is 9.72 Å². The van der Waals surface area contributed by atoms with Crippen molar-refractivity contribution in [2.75, 3.05) is 5.75 Å². The number of carbonyl (C=O) groups excluding carboxylic acids is 1. The largest absolute Gasteiger partial charge is 0.463 e. The van der Waals surface area contributed by atoms with Crippen molar-refractivity contribution in [3.05, 3.63) is 12.7 Å². The van der Waals surface area contributed by atoms with Crippen LogP contribution in [-0.2, 0) is 9.53 Å². The lowest BCUT2D eigenvalue weighted by Crippen LogP contribution is -2.13. The summed E-state index contributed by atoms with van der Waals surface area (Å²) in [7, 11) is 0. The van der Waals surface area contributed by atoms with Gasteiger partial charge in [0.15, 0.2) is 5.65 Å². The summed E-state index contributed by atoms with van der Waals surface area (Å²) >= 11 is 1.65. The molecule has 0 saturated heterocycles. The molecule has 2 rings (SSSR count). The van der Waals surface area contributed by atoms with Crippen molar-refractivity contribution < 1.29 is 9.53 Å². The molecule has 6 nitrogen and oxygen atoms in total. The number of rotatable bonds is 8. The summed E-state index contributed by atoms with van der Waals surface area (Å²) in [4.78, 5) is 27.0. The van der Waals surface area contributed by atoms with Gasteiger partial charge >= 0.3 is 5.97 Å². The molecule has 2 heterocycles. The first-order chi connectivity index (χ1) is 10.2. The summed E-state index contributed by atoms with van der Waals surface area (Å²) in [6.45, 7) is 3.92. The van der Waals surface area contributed by atoms with Crippen molar-refractivity contribution in [3.63, 3.8) is 0 Å². The van der Waals surface area contributed by atoms with Crippen LogP contribution in [0.1, 0.15) is 39.5 Å². The maximum Gasteiger partial charge on any atom is 0.306 e. The normalized spacial score (nSPS) is 12.5. The Kier molecular flexibility index (Phi) is 5.98. The summed E-state index contributed by atoms with van der Waals surface area (Å²) in [5.74, 6) is 0.800. The minimum absolute atomic E-state index is 0.0153. The monoisotopic (exact) mass is 308 g/mol. The third-order valence-electron chi connectivity index (χ3n) is 3.11. The number of ether oxygens (including phenoxy) is 1. The Hall–Kier alpha value is -1.63. The van der Waals surface area contributed by atoms with Gasteiger partial charge in [-0.3, -0.25) is 4.79 Å². The molecule has 7 heteroatoms. The fourth-order valence-corrected chi connectivity index (χ4v) is 2.72. The van der Waals surface area contributed by atoms with Crippen LogP contribution in [0.15, 0.2) is 17.7 Å². The predicted octanol–water partition coefficient (Wildman–Crippen LogP) is 2.96. The number of unbranched alkanes of at least 4 members (excludes halogenated alkanes) is 1. The Morgan fingerprint density at radius 1 is 1.38 bits per heavy atom. The molecule has 0 radical (unpaired) electrons. The minimum Gasteiger partial charge on any atom is -0.463 e. The smallest absolute Gasteiger partial charge is 0.306 e. The highest BCUT2D eigenvalue weighted by Gasteiger charge is 2.08. The highest BCUT2D eigenvalue weighted by atomic mass is 32.2. The molecule has 0 amide bonds. The summed E-state index contributed by atoms with van der Waals surface area (Å²) in [5.41, 5.74) is 1.56. The predicted molar refractivity (Wildman–Crippen MR) is 82.1 cm³/mol. The van der Waals surface area contributed by atoms with Crippen molar-refractivity contribution in [2.45, 2.75) is 50.7 Å². The molecule has 0 unspecified atom stereocenters. The summed E-state index contributed by atoms with van der Waals surface area (Å²) in [5, 5.41) is 0.902. The molecule has 0 aromatic carbocycles. The van der Waals surface area contributed by atoms with Crippen molar-refractivity contribution in [3.8, 4) is 0 Å². The lowest BCUT2D eigenvalue weighted by molar-refractivity contribution is -0.148. The van der Waals surface area contributed by atoms with E-state index in [1.165, 1.54) is 6.33 Å². The number of thioether (sulfide) groups is 1. The SMILES string of the molecule is CC[C@@H](C)OC(=O)CCCCSc1ncnc2nc[nH]c12. The van der Waals surface area contributed by atoms with E-state index in [2.05, 4.69) is 19.9 Å². The maximum atomic E-state index is 11.5. The van der Waals surface area contributed by atoms with Gasteiger partial charge in [-0.2, -0.15) is 0 Å². The number of aromatic amines is 1. The number of imidazole rings is 1. The molecule has 2 aromatic rings. The van der Waals surface area contributed by atoms with E-state index in [-0.39, 0.29) is 12.1 Å². The van der Waals surface area contributed by atoms with Crippen LogP contribution in [0.3, 0.4) is 0 Å².